The van der Waals surface area contributed by atoms with E-state index in [1.165, 1.54) is 12.3 Å². The lowest BCUT2D eigenvalue weighted by Crippen LogP contribution is -2.25. The molecule has 7 nitrogen and oxygen atoms in total. The number of amides is 1. The Bertz CT molecular complexity index is 600. The van der Waals surface area contributed by atoms with Gasteiger partial charge < -0.3 is 16.8 Å². The summed E-state index contributed by atoms with van der Waals surface area (Å²) < 4.78 is 23.3. The van der Waals surface area contributed by atoms with Crippen molar-refractivity contribution >= 4 is 27.2 Å². The van der Waals surface area contributed by atoms with E-state index < -0.39 is 21.0 Å². The summed E-state index contributed by atoms with van der Waals surface area (Å²) in [6.07, 6.45) is 2.66. The minimum Gasteiger partial charge on any atom is -0.397 e. The van der Waals surface area contributed by atoms with Gasteiger partial charge in [0.15, 0.2) is 9.84 Å². The van der Waals surface area contributed by atoms with Gasteiger partial charge in [0.25, 0.3) is 5.91 Å². The number of nitrogen functional groups attached to an aromatic ring is 1. The van der Waals surface area contributed by atoms with E-state index in [2.05, 4.69) is 10.3 Å². The molecule has 1 saturated heterocycles. The van der Waals surface area contributed by atoms with E-state index in [0.29, 0.717) is 18.7 Å². The van der Waals surface area contributed by atoms with E-state index in [0.717, 1.165) is 0 Å². The quantitative estimate of drug-likeness (QED) is 0.699. The zero-order valence-electron chi connectivity index (χ0n) is 10.3. The van der Waals surface area contributed by atoms with Gasteiger partial charge in [-0.3, -0.25) is 4.79 Å². The summed E-state index contributed by atoms with van der Waals surface area (Å²) in [7, 11) is -3.00. The summed E-state index contributed by atoms with van der Waals surface area (Å²) in [4.78, 5) is 15.1. The van der Waals surface area contributed by atoms with Gasteiger partial charge in [0.1, 0.15) is 5.82 Å². The first-order chi connectivity index (χ1) is 8.90. The molecule has 1 aromatic rings. The fourth-order valence-corrected chi connectivity index (χ4v) is 3.85. The van der Waals surface area contributed by atoms with Crippen LogP contribution in [0.25, 0.3) is 0 Å². The van der Waals surface area contributed by atoms with E-state index in [-0.39, 0.29) is 23.5 Å². The maximum Gasteiger partial charge on any atom is 0.250 e. The molecule has 0 spiro atoms. The van der Waals surface area contributed by atoms with E-state index in [4.69, 9.17) is 11.5 Å². The van der Waals surface area contributed by atoms with Crippen molar-refractivity contribution in [3.8, 4) is 0 Å². The number of anilines is 2. The lowest BCUT2D eigenvalue weighted by molar-refractivity contribution is 0.100. The van der Waals surface area contributed by atoms with Crippen LogP contribution in [0.1, 0.15) is 23.2 Å². The molecule has 2 rings (SSSR count). The molecular weight excluding hydrogens is 268 g/mol. The average molecular weight is 284 g/mol. The van der Waals surface area contributed by atoms with Gasteiger partial charge >= 0.3 is 0 Å². The first kappa shape index (κ1) is 13.6. The van der Waals surface area contributed by atoms with Crippen LogP contribution < -0.4 is 16.8 Å². The molecule has 5 N–H and O–H groups in total. The number of nitrogens with zero attached hydrogens (tertiary/aromatic N) is 1. The van der Waals surface area contributed by atoms with Crippen molar-refractivity contribution < 1.29 is 13.2 Å². The van der Waals surface area contributed by atoms with Crippen LogP contribution in [-0.4, -0.2) is 36.9 Å². The van der Waals surface area contributed by atoms with Gasteiger partial charge in [-0.05, 0) is 18.9 Å². The first-order valence-electron chi connectivity index (χ1n) is 5.91. The summed E-state index contributed by atoms with van der Waals surface area (Å²) in [5, 5.41) is 2.51. The highest BCUT2D eigenvalue weighted by Gasteiger charge is 2.30. The number of hydrogen-bond acceptors (Lipinski definition) is 6. The third kappa shape index (κ3) is 2.95. The van der Waals surface area contributed by atoms with Crippen molar-refractivity contribution in [2.24, 2.45) is 5.73 Å². The molecule has 104 valence electrons. The number of pyridine rings is 1. The Labute approximate surface area is 111 Å². The van der Waals surface area contributed by atoms with Gasteiger partial charge in [-0.1, -0.05) is 0 Å². The third-order valence-electron chi connectivity index (χ3n) is 3.17. The zero-order chi connectivity index (χ0) is 14.0. The van der Waals surface area contributed by atoms with Crippen LogP contribution in [0, 0.1) is 0 Å². The minimum atomic E-state index is -3.00. The largest absolute Gasteiger partial charge is 0.397 e. The van der Waals surface area contributed by atoms with Crippen molar-refractivity contribution in [3.63, 3.8) is 0 Å². The van der Waals surface area contributed by atoms with Crippen LogP contribution >= 0.6 is 0 Å². The van der Waals surface area contributed by atoms with E-state index in [1.807, 2.05) is 0 Å². The highest BCUT2D eigenvalue weighted by Crippen LogP contribution is 2.21. The maximum atomic E-state index is 11.7. The molecule has 0 aliphatic carbocycles. The highest BCUT2D eigenvalue weighted by atomic mass is 32.2. The molecular formula is C11H16N4O3S. The lowest BCUT2D eigenvalue weighted by Gasteiger charge is -2.12. The minimum absolute atomic E-state index is 0.173. The molecule has 1 aliphatic heterocycles. The second kappa shape index (κ2) is 5.04. The molecule has 1 aromatic heterocycles. The number of hydrogen-bond donors (Lipinski definition) is 3. The van der Waals surface area contributed by atoms with Crippen molar-refractivity contribution in [1.29, 1.82) is 0 Å². The van der Waals surface area contributed by atoms with Gasteiger partial charge in [-0.25, -0.2) is 13.4 Å². The Balaban J connectivity index is 2.08. The molecule has 1 unspecified atom stereocenters. The molecule has 0 bridgehead atoms. The van der Waals surface area contributed by atoms with E-state index >= 15 is 0 Å². The van der Waals surface area contributed by atoms with Crippen molar-refractivity contribution in [2.75, 3.05) is 23.3 Å². The third-order valence-corrected chi connectivity index (χ3v) is 5.45. The smallest absolute Gasteiger partial charge is 0.250 e. The van der Waals surface area contributed by atoms with Crippen LogP contribution in [0.3, 0.4) is 0 Å². The number of primary amides is 1. The Kier molecular flexibility index (Phi) is 3.61. The fourth-order valence-electron chi connectivity index (χ4n) is 2.08. The lowest BCUT2D eigenvalue weighted by atomic mass is 10.2. The highest BCUT2D eigenvalue weighted by molar-refractivity contribution is 7.92. The van der Waals surface area contributed by atoms with Gasteiger partial charge in [-0.2, -0.15) is 0 Å². The predicted octanol–water partition coefficient (Wildman–Crippen LogP) is -0.248. The maximum absolute atomic E-state index is 11.7. The standard InChI is InChI=1S/C11H16N4O3S/c12-9-6-15-10(4-8(9)11(13)16)14-5-7-2-1-3-19(7,17)18/h4,6-7H,1-3,5,12H2,(H2,13,16)(H,14,15). The van der Waals surface area contributed by atoms with E-state index in [9.17, 15) is 13.2 Å². The predicted molar refractivity (Wildman–Crippen MR) is 72.5 cm³/mol. The molecule has 1 aliphatic rings. The van der Waals surface area contributed by atoms with Gasteiger partial charge in [0.2, 0.25) is 0 Å². The SMILES string of the molecule is NC(=O)c1cc(NCC2CCCS2(=O)=O)ncc1N. The monoisotopic (exact) mass is 284 g/mol. The number of carbonyl (C=O) groups is 1. The van der Waals surface area contributed by atoms with Crippen molar-refractivity contribution in [3.05, 3.63) is 17.8 Å². The summed E-state index contributed by atoms with van der Waals surface area (Å²) in [5.74, 6) is -0.0114. The molecule has 0 saturated carbocycles. The van der Waals surface area contributed by atoms with Gasteiger partial charge in [0.05, 0.1) is 28.5 Å². The number of carbonyl (C=O) groups excluding carboxylic acids is 1. The molecule has 1 amide bonds. The van der Waals surface area contributed by atoms with Crippen molar-refractivity contribution in [1.82, 2.24) is 4.98 Å². The Hall–Kier alpha value is -1.83. The Morgan fingerprint density at radius 3 is 2.84 bits per heavy atom. The fraction of sp³-hybridized carbons (Fsp3) is 0.455. The Morgan fingerprint density at radius 2 is 2.26 bits per heavy atom. The normalized spacial score (nSPS) is 21.2. The second-order valence-electron chi connectivity index (χ2n) is 4.53. The molecule has 0 aromatic carbocycles. The Morgan fingerprint density at radius 1 is 1.53 bits per heavy atom. The number of rotatable bonds is 4. The van der Waals surface area contributed by atoms with Crippen molar-refractivity contribution in [2.45, 2.75) is 18.1 Å². The molecule has 19 heavy (non-hydrogen) atoms. The second-order valence-corrected chi connectivity index (χ2v) is 6.93. The van der Waals surface area contributed by atoms with Crippen LogP contribution in [0.2, 0.25) is 0 Å². The van der Waals surface area contributed by atoms with Gasteiger partial charge in [0, 0.05) is 6.54 Å². The summed E-state index contributed by atoms with van der Waals surface area (Å²) in [6.45, 7) is 0.275. The first-order valence-corrected chi connectivity index (χ1v) is 7.62. The molecule has 1 fully saturated rings. The molecule has 8 heteroatoms. The summed E-state index contributed by atoms with van der Waals surface area (Å²) >= 11 is 0. The van der Waals surface area contributed by atoms with Gasteiger partial charge in [-0.15, -0.1) is 0 Å². The number of nitrogens with two attached hydrogens (primary N) is 2. The van der Waals surface area contributed by atoms with Crippen LogP contribution in [0.15, 0.2) is 12.3 Å². The topological polar surface area (TPSA) is 128 Å². The number of aromatic nitrogens is 1. The van der Waals surface area contributed by atoms with Crippen LogP contribution in [-0.2, 0) is 9.84 Å². The number of sulfone groups is 1. The number of nitrogens with one attached hydrogen (secondary N) is 1. The van der Waals surface area contributed by atoms with Crippen LogP contribution in [0.5, 0.6) is 0 Å². The molecule has 0 radical (unpaired) electrons. The van der Waals surface area contributed by atoms with E-state index in [1.54, 1.807) is 0 Å². The average Bonchev–Trinajstić information content (AvgIpc) is 2.67. The molecule has 1 atom stereocenters. The van der Waals surface area contributed by atoms with Crippen LogP contribution in [0.4, 0.5) is 11.5 Å². The summed E-state index contributed by atoms with van der Waals surface area (Å²) in [5.41, 5.74) is 11.1. The zero-order valence-corrected chi connectivity index (χ0v) is 11.1. The molecule has 2 heterocycles. The summed E-state index contributed by atoms with van der Waals surface area (Å²) in [6, 6.07) is 1.43.